The Morgan fingerprint density at radius 2 is 2.31 bits per heavy atom. The lowest BCUT2D eigenvalue weighted by atomic mass is 10.1. The number of hydrogen-bond donors (Lipinski definition) is 1. The van der Waals surface area contributed by atoms with Crippen LogP contribution in [0.3, 0.4) is 0 Å². The number of ether oxygens (including phenoxy) is 2. The molecule has 0 aliphatic carbocycles. The van der Waals surface area contributed by atoms with Gasteiger partial charge in [0.2, 0.25) is 0 Å². The quantitative estimate of drug-likeness (QED) is 0.701. The number of likely N-dealkylation sites (N-methyl/N-ethyl adjacent to an activating group) is 1. The van der Waals surface area contributed by atoms with Crippen molar-refractivity contribution >= 4 is 0 Å². The van der Waals surface area contributed by atoms with E-state index in [2.05, 4.69) is 19.2 Å². The van der Waals surface area contributed by atoms with Crippen LogP contribution in [0.15, 0.2) is 0 Å². The molecule has 13 heavy (non-hydrogen) atoms. The summed E-state index contributed by atoms with van der Waals surface area (Å²) >= 11 is 0. The normalized spacial score (nSPS) is 29.1. The average molecular weight is 187 g/mol. The summed E-state index contributed by atoms with van der Waals surface area (Å²) in [5.74, 6) is 0. The highest BCUT2D eigenvalue weighted by Crippen LogP contribution is 2.11. The molecule has 1 fully saturated rings. The van der Waals surface area contributed by atoms with E-state index in [0.717, 1.165) is 39.2 Å². The smallest absolute Gasteiger partial charge is 0.0961 e. The van der Waals surface area contributed by atoms with Crippen LogP contribution in [0, 0.1) is 0 Å². The monoisotopic (exact) mass is 187 g/mol. The van der Waals surface area contributed by atoms with Crippen LogP contribution < -0.4 is 5.32 Å². The summed E-state index contributed by atoms with van der Waals surface area (Å²) in [7, 11) is 0. The average Bonchev–Trinajstić information content (AvgIpc) is 2.17. The molecule has 0 bridgehead atoms. The molecule has 0 saturated carbocycles. The highest BCUT2D eigenvalue weighted by molar-refractivity contribution is 4.79. The fraction of sp³-hybridized carbons (Fsp3) is 1.00. The molecule has 0 aromatic rings. The molecule has 1 aliphatic rings. The molecular formula is C10H21NO2. The maximum absolute atomic E-state index is 5.71. The molecule has 3 heteroatoms. The summed E-state index contributed by atoms with van der Waals surface area (Å²) in [6.45, 7) is 7.73. The van der Waals surface area contributed by atoms with Crippen molar-refractivity contribution in [2.75, 3.05) is 26.4 Å². The van der Waals surface area contributed by atoms with Gasteiger partial charge in [0, 0.05) is 19.3 Å². The predicted octanol–water partition coefficient (Wildman–Crippen LogP) is 1.18. The molecule has 2 atom stereocenters. The van der Waals surface area contributed by atoms with E-state index in [9.17, 15) is 0 Å². The number of rotatable bonds is 5. The Hall–Kier alpha value is -0.120. The van der Waals surface area contributed by atoms with Gasteiger partial charge in [-0.1, -0.05) is 13.8 Å². The SMILES string of the molecule is CCCOC1COCCC1NCC. The molecule has 1 aliphatic heterocycles. The second-order valence-corrected chi connectivity index (χ2v) is 3.44. The first-order valence-electron chi connectivity index (χ1n) is 5.31. The van der Waals surface area contributed by atoms with Crippen molar-refractivity contribution in [3.63, 3.8) is 0 Å². The van der Waals surface area contributed by atoms with Crippen LogP contribution in [0.2, 0.25) is 0 Å². The zero-order valence-electron chi connectivity index (χ0n) is 8.71. The van der Waals surface area contributed by atoms with E-state index in [-0.39, 0.29) is 6.10 Å². The van der Waals surface area contributed by atoms with E-state index in [4.69, 9.17) is 9.47 Å². The largest absolute Gasteiger partial charge is 0.379 e. The Labute approximate surface area is 80.8 Å². The number of hydrogen-bond acceptors (Lipinski definition) is 3. The fourth-order valence-corrected chi connectivity index (χ4v) is 1.64. The van der Waals surface area contributed by atoms with Gasteiger partial charge in [-0.15, -0.1) is 0 Å². The van der Waals surface area contributed by atoms with Gasteiger partial charge in [0.05, 0.1) is 12.7 Å². The maximum Gasteiger partial charge on any atom is 0.0961 e. The molecule has 1 rings (SSSR count). The summed E-state index contributed by atoms with van der Waals surface area (Å²) in [6, 6.07) is 0.491. The molecule has 0 aromatic heterocycles. The van der Waals surface area contributed by atoms with Crippen molar-refractivity contribution < 1.29 is 9.47 Å². The first-order chi connectivity index (χ1) is 6.38. The van der Waals surface area contributed by atoms with Gasteiger partial charge in [-0.05, 0) is 19.4 Å². The van der Waals surface area contributed by atoms with Gasteiger partial charge < -0.3 is 14.8 Å². The fourth-order valence-electron chi connectivity index (χ4n) is 1.64. The number of nitrogens with one attached hydrogen (secondary N) is 1. The molecule has 78 valence electrons. The van der Waals surface area contributed by atoms with E-state index in [1.165, 1.54) is 0 Å². The van der Waals surface area contributed by atoms with Crippen molar-refractivity contribution in [3.8, 4) is 0 Å². The maximum atomic E-state index is 5.71. The van der Waals surface area contributed by atoms with E-state index in [1.807, 2.05) is 0 Å². The second-order valence-electron chi connectivity index (χ2n) is 3.44. The summed E-state index contributed by atoms with van der Waals surface area (Å²) in [5.41, 5.74) is 0. The van der Waals surface area contributed by atoms with Crippen LogP contribution in [0.4, 0.5) is 0 Å². The minimum Gasteiger partial charge on any atom is -0.379 e. The minimum absolute atomic E-state index is 0.258. The van der Waals surface area contributed by atoms with Gasteiger partial charge in [-0.25, -0.2) is 0 Å². The zero-order valence-corrected chi connectivity index (χ0v) is 8.71. The Bertz CT molecular complexity index is 128. The lowest BCUT2D eigenvalue weighted by molar-refractivity contribution is -0.0682. The molecule has 1 heterocycles. The van der Waals surface area contributed by atoms with E-state index >= 15 is 0 Å². The highest BCUT2D eigenvalue weighted by atomic mass is 16.5. The third-order valence-electron chi connectivity index (χ3n) is 2.31. The van der Waals surface area contributed by atoms with Gasteiger partial charge in [0.25, 0.3) is 0 Å². The van der Waals surface area contributed by atoms with Crippen LogP contribution in [0.25, 0.3) is 0 Å². The first kappa shape index (κ1) is 11.0. The van der Waals surface area contributed by atoms with Crippen molar-refractivity contribution in [1.82, 2.24) is 5.32 Å². The van der Waals surface area contributed by atoms with Gasteiger partial charge in [-0.3, -0.25) is 0 Å². The van der Waals surface area contributed by atoms with Gasteiger partial charge >= 0.3 is 0 Å². The lowest BCUT2D eigenvalue weighted by Gasteiger charge is -2.31. The summed E-state index contributed by atoms with van der Waals surface area (Å²) < 4.78 is 11.1. The molecular weight excluding hydrogens is 166 g/mol. The first-order valence-corrected chi connectivity index (χ1v) is 5.31. The Morgan fingerprint density at radius 1 is 1.46 bits per heavy atom. The van der Waals surface area contributed by atoms with E-state index in [1.54, 1.807) is 0 Å². The molecule has 0 amide bonds. The Morgan fingerprint density at radius 3 is 3.00 bits per heavy atom. The van der Waals surface area contributed by atoms with E-state index in [0.29, 0.717) is 6.04 Å². The summed E-state index contributed by atoms with van der Waals surface area (Å²) in [4.78, 5) is 0. The van der Waals surface area contributed by atoms with Crippen LogP contribution in [-0.4, -0.2) is 38.5 Å². The molecule has 1 N–H and O–H groups in total. The predicted molar refractivity (Wildman–Crippen MR) is 52.9 cm³/mol. The third kappa shape index (κ3) is 3.63. The van der Waals surface area contributed by atoms with Crippen molar-refractivity contribution in [2.45, 2.75) is 38.8 Å². The third-order valence-corrected chi connectivity index (χ3v) is 2.31. The molecule has 0 radical (unpaired) electrons. The molecule has 1 saturated heterocycles. The molecule has 0 aromatic carbocycles. The van der Waals surface area contributed by atoms with Crippen molar-refractivity contribution in [3.05, 3.63) is 0 Å². The van der Waals surface area contributed by atoms with E-state index < -0.39 is 0 Å². The van der Waals surface area contributed by atoms with Crippen molar-refractivity contribution in [1.29, 1.82) is 0 Å². The van der Waals surface area contributed by atoms with Crippen LogP contribution in [0.5, 0.6) is 0 Å². The van der Waals surface area contributed by atoms with Gasteiger partial charge in [0.1, 0.15) is 0 Å². The highest BCUT2D eigenvalue weighted by Gasteiger charge is 2.25. The second kappa shape index (κ2) is 6.35. The van der Waals surface area contributed by atoms with Gasteiger partial charge in [-0.2, -0.15) is 0 Å². The van der Waals surface area contributed by atoms with Crippen molar-refractivity contribution in [2.24, 2.45) is 0 Å². The molecule has 3 nitrogen and oxygen atoms in total. The Balaban J connectivity index is 2.28. The summed E-state index contributed by atoms with van der Waals surface area (Å²) in [5, 5.41) is 3.44. The van der Waals surface area contributed by atoms with Crippen LogP contribution in [-0.2, 0) is 9.47 Å². The van der Waals surface area contributed by atoms with Crippen LogP contribution in [0.1, 0.15) is 26.7 Å². The Kier molecular flexibility index (Phi) is 5.35. The van der Waals surface area contributed by atoms with Gasteiger partial charge in [0.15, 0.2) is 0 Å². The standard InChI is InChI=1S/C10H21NO2/c1-3-6-13-10-8-12-7-5-9(10)11-4-2/h9-11H,3-8H2,1-2H3. The summed E-state index contributed by atoms with van der Waals surface area (Å²) in [6.07, 6.45) is 2.41. The minimum atomic E-state index is 0.258. The zero-order chi connectivity index (χ0) is 9.52. The lowest BCUT2D eigenvalue weighted by Crippen LogP contribution is -2.47. The van der Waals surface area contributed by atoms with Crippen LogP contribution >= 0.6 is 0 Å². The topological polar surface area (TPSA) is 30.5 Å². The molecule has 0 spiro atoms. The molecule has 2 unspecified atom stereocenters.